The molecule has 3 aromatic rings. The average molecular weight is 505 g/mol. The maximum absolute atomic E-state index is 13.7. The van der Waals surface area contributed by atoms with Gasteiger partial charge in [0.25, 0.3) is 11.5 Å². The summed E-state index contributed by atoms with van der Waals surface area (Å²) in [5.41, 5.74) is 0.548. The number of para-hydroxylation sites is 1. The van der Waals surface area contributed by atoms with Crippen LogP contribution in [0.1, 0.15) is 52.2 Å². The van der Waals surface area contributed by atoms with Crippen LogP contribution in [-0.4, -0.2) is 45.6 Å². The molecule has 1 aromatic heterocycles. The molecule has 3 N–H and O–H groups in total. The number of methoxy groups -OCH3 is 1. The molecule has 2 aromatic carbocycles. The monoisotopic (exact) mass is 504 g/mol. The van der Waals surface area contributed by atoms with Crippen LogP contribution in [0.25, 0.3) is 5.69 Å². The second-order valence-corrected chi connectivity index (χ2v) is 9.91. The van der Waals surface area contributed by atoms with Crippen molar-refractivity contribution in [2.24, 2.45) is 5.41 Å². The number of hydrogen-bond acceptors (Lipinski definition) is 7. The number of rotatable bonds is 6. The van der Waals surface area contributed by atoms with E-state index in [-0.39, 0.29) is 41.1 Å². The van der Waals surface area contributed by atoms with Crippen molar-refractivity contribution in [3.63, 3.8) is 0 Å². The number of Topliss-reactive ketones (excluding diaryl/α,β-unsaturated/α-hetero) is 1. The molecule has 1 amide bonds. The summed E-state index contributed by atoms with van der Waals surface area (Å²) in [4.78, 5) is 52.6. The van der Waals surface area contributed by atoms with Gasteiger partial charge in [0, 0.05) is 29.8 Å². The summed E-state index contributed by atoms with van der Waals surface area (Å²) < 4.78 is 6.22. The SMILES string of the molecule is COC(=O)C(Cc1ccc(O)c(O)c1)NC(=O)c1cc2c(n(-c3ccccc3)c1=O)CC(C)(C)CC2=O. The highest BCUT2D eigenvalue weighted by Gasteiger charge is 2.35. The Kier molecular flexibility index (Phi) is 6.89. The van der Waals surface area contributed by atoms with Gasteiger partial charge in [0.1, 0.15) is 11.6 Å². The lowest BCUT2D eigenvalue weighted by Gasteiger charge is -2.32. The van der Waals surface area contributed by atoms with Gasteiger partial charge in [0.2, 0.25) is 0 Å². The summed E-state index contributed by atoms with van der Waals surface area (Å²) in [6, 6.07) is 12.9. The smallest absolute Gasteiger partial charge is 0.328 e. The molecule has 0 bridgehead atoms. The van der Waals surface area contributed by atoms with Gasteiger partial charge in [0.05, 0.1) is 7.11 Å². The van der Waals surface area contributed by atoms with Crippen molar-refractivity contribution in [1.82, 2.24) is 9.88 Å². The number of ketones is 1. The summed E-state index contributed by atoms with van der Waals surface area (Å²) >= 11 is 0. The Balaban J connectivity index is 1.77. The first-order valence-corrected chi connectivity index (χ1v) is 11.8. The fourth-order valence-corrected chi connectivity index (χ4v) is 4.63. The molecule has 192 valence electrons. The number of hydrogen-bond donors (Lipinski definition) is 3. The molecule has 4 rings (SSSR count). The van der Waals surface area contributed by atoms with Crippen LogP contribution in [-0.2, 0) is 22.4 Å². The average Bonchev–Trinajstić information content (AvgIpc) is 2.85. The Morgan fingerprint density at radius 3 is 2.38 bits per heavy atom. The van der Waals surface area contributed by atoms with E-state index in [1.807, 2.05) is 13.8 Å². The third kappa shape index (κ3) is 5.25. The molecule has 1 heterocycles. The van der Waals surface area contributed by atoms with Crippen LogP contribution >= 0.6 is 0 Å². The van der Waals surface area contributed by atoms with Crippen LogP contribution < -0.4 is 10.9 Å². The number of carbonyl (C=O) groups is 3. The molecule has 1 unspecified atom stereocenters. The molecule has 1 aliphatic rings. The standard InChI is InChI=1S/C28H28N2O7/c1-28(2)14-21-18(24(33)15-28)13-19(26(35)30(21)17-7-5-4-6-8-17)25(34)29-20(27(36)37-3)11-16-9-10-22(31)23(32)12-16/h4-10,12-13,20,31-32H,11,14-15H2,1-3H3,(H,29,34). The quantitative estimate of drug-likeness (QED) is 0.347. The molecule has 0 saturated carbocycles. The van der Waals surface area contributed by atoms with Gasteiger partial charge in [-0.1, -0.05) is 38.1 Å². The number of pyridine rings is 1. The van der Waals surface area contributed by atoms with Crippen LogP contribution in [0.4, 0.5) is 0 Å². The van der Waals surface area contributed by atoms with E-state index in [1.165, 1.54) is 28.8 Å². The first kappa shape index (κ1) is 25.7. The van der Waals surface area contributed by atoms with Crippen molar-refractivity contribution in [1.29, 1.82) is 0 Å². The zero-order chi connectivity index (χ0) is 26.9. The van der Waals surface area contributed by atoms with Gasteiger partial charge in [-0.25, -0.2) is 4.79 Å². The zero-order valence-corrected chi connectivity index (χ0v) is 20.8. The summed E-state index contributed by atoms with van der Waals surface area (Å²) in [5, 5.41) is 21.9. The van der Waals surface area contributed by atoms with Gasteiger partial charge in [-0.3, -0.25) is 19.0 Å². The number of amides is 1. The number of aromatic nitrogens is 1. The Bertz CT molecular complexity index is 1440. The minimum absolute atomic E-state index is 0.0722. The molecule has 0 radical (unpaired) electrons. The first-order chi connectivity index (χ1) is 17.5. The number of phenols is 2. The number of aromatic hydroxyl groups is 2. The highest BCUT2D eigenvalue weighted by molar-refractivity contribution is 6.03. The van der Waals surface area contributed by atoms with Gasteiger partial charge in [-0.2, -0.15) is 0 Å². The van der Waals surface area contributed by atoms with Crippen LogP contribution in [0.15, 0.2) is 59.4 Å². The summed E-state index contributed by atoms with van der Waals surface area (Å²) in [7, 11) is 1.16. The van der Waals surface area contributed by atoms with Crippen molar-refractivity contribution in [2.75, 3.05) is 7.11 Å². The molecule has 1 atom stereocenters. The van der Waals surface area contributed by atoms with E-state index < -0.39 is 23.5 Å². The number of fused-ring (bicyclic) bond motifs is 1. The minimum atomic E-state index is -1.20. The molecule has 0 spiro atoms. The highest BCUT2D eigenvalue weighted by Crippen LogP contribution is 2.35. The molecule has 0 fully saturated rings. The van der Waals surface area contributed by atoms with Gasteiger partial charge in [-0.15, -0.1) is 0 Å². The Morgan fingerprint density at radius 2 is 1.73 bits per heavy atom. The van der Waals surface area contributed by atoms with E-state index in [0.717, 1.165) is 7.11 Å². The number of nitrogens with one attached hydrogen (secondary N) is 1. The molecule has 37 heavy (non-hydrogen) atoms. The fraction of sp³-hybridized carbons (Fsp3) is 0.286. The van der Waals surface area contributed by atoms with Gasteiger partial charge >= 0.3 is 5.97 Å². The maximum Gasteiger partial charge on any atom is 0.328 e. The largest absolute Gasteiger partial charge is 0.504 e. The second-order valence-electron chi connectivity index (χ2n) is 9.91. The highest BCUT2D eigenvalue weighted by atomic mass is 16.5. The molecule has 9 heteroatoms. The third-order valence-corrected chi connectivity index (χ3v) is 6.42. The predicted octanol–water partition coefficient (Wildman–Crippen LogP) is 2.92. The number of esters is 1. The third-order valence-electron chi connectivity index (χ3n) is 6.42. The van der Waals surface area contributed by atoms with Crippen LogP contribution in [0.3, 0.4) is 0 Å². The zero-order valence-electron chi connectivity index (χ0n) is 20.8. The van der Waals surface area contributed by atoms with E-state index in [1.54, 1.807) is 30.3 Å². The predicted molar refractivity (Wildman–Crippen MR) is 135 cm³/mol. The molecular formula is C28H28N2O7. The lowest BCUT2D eigenvalue weighted by Crippen LogP contribution is -2.46. The lowest BCUT2D eigenvalue weighted by molar-refractivity contribution is -0.142. The van der Waals surface area contributed by atoms with Gasteiger partial charge < -0.3 is 20.3 Å². The van der Waals surface area contributed by atoms with E-state index in [4.69, 9.17) is 4.74 Å². The van der Waals surface area contributed by atoms with Gasteiger partial charge in [0.15, 0.2) is 17.3 Å². The van der Waals surface area contributed by atoms with Gasteiger partial charge in [-0.05, 0) is 47.7 Å². The van der Waals surface area contributed by atoms with E-state index in [9.17, 15) is 29.4 Å². The topological polar surface area (TPSA) is 135 Å². The Labute approximate surface area is 213 Å². The van der Waals surface area contributed by atoms with Crippen molar-refractivity contribution in [3.05, 3.63) is 87.3 Å². The maximum atomic E-state index is 13.7. The molecular weight excluding hydrogens is 476 g/mol. The number of benzene rings is 2. The fourth-order valence-electron chi connectivity index (χ4n) is 4.63. The number of phenolic OH excluding ortho intramolecular Hbond substituents is 2. The molecule has 9 nitrogen and oxygen atoms in total. The number of carbonyl (C=O) groups excluding carboxylic acids is 3. The normalized spacial score (nSPS) is 14.9. The van der Waals surface area contributed by atoms with Crippen molar-refractivity contribution < 1.29 is 29.3 Å². The summed E-state index contributed by atoms with van der Waals surface area (Å²) in [5.74, 6) is -2.48. The Hall–Kier alpha value is -4.40. The lowest BCUT2D eigenvalue weighted by atomic mass is 9.75. The van der Waals surface area contributed by atoms with Crippen molar-refractivity contribution >= 4 is 17.7 Å². The number of ether oxygens (including phenoxy) is 1. The summed E-state index contributed by atoms with van der Waals surface area (Å²) in [6.07, 6.45) is 0.662. The van der Waals surface area contributed by atoms with E-state index >= 15 is 0 Å². The van der Waals surface area contributed by atoms with Crippen molar-refractivity contribution in [2.45, 2.75) is 39.2 Å². The van der Waals surface area contributed by atoms with Crippen LogP contribution in [0.2, 0.25) is 0 Å². The Morgan fingerprint density at radius 1 is 1.03 bits per heavy atom. The van der Waals surface area contributed by atoms with Crippen LogP contribution in [0.5, 0.6) is 11.5 Å². The summed E-state index contributed by atoms with van der Waals surface area (Å²) in [6.45, 7) is 3.91. The van der Waals surface area contributed by atoms with Crippen LogP contribution in [0, 0.1) is 5.41 Å². The molecule has 1 aliphatic carbocycles. The van der Waals surface area contributed by atoms with E-state index in [2.05, 4.69) is 5.32 Å². The molecule has 0 aliphatic heterocycles. The van der Waals surface area contributed by atoms with E-state index in [0.29, 0.717) is 28.9 Å². The molecule has 0 saturated heterocycles. The second kappa shape index (κ2) is 9.93. The van der Waals surface area contributed by atoms with Crippen molar-refractivity contribution in [3.8, 4) is 17.2 Å². The first-order valence-electron chi connectivity index (χ1n) is 11.8. The number of nitrogens with zero attached hydrogens (tertiary/aromatic N) is 1. The minimum Gasteiger partial charge on any atom is -0.504 e.